The van der Waals surface area contributed by atoms with Gasteiger partial charge in [-0.3, -0.25) is 5.32 Å². The highest BCUT2D eigenvalue weighted by molar-refractivity contribution is 5.88. The minimum absolute atomic E-state index is 0.167. The number of carbonyl (C=O) groups is 1. The lowest BCUT2D eigenvalue weighted by Gasteiger charge is -2.23. The molecule has 7 heteroatoms. The lowest BCUT2D eigenvalue weighted by Crippen LogP contribution is -2.37. The maximum Gasteiger partial charge on any atom is 0.323 e. The van der Waals surface area contributed by atoms with Crippen LogP contribution in [0.3, 0.4) is 0 Å². The number of hydrogen-bond donors (Lipinski definition) is 1. The van der Waals surface area contributed by atoms with Gasteiger partial charge in [-0.15, -0.1) is 0 Å². The molecule has 0 aliphatic rings. The standard InChI is InChI=1S/C18H25FN4O2/c1-14(2)12-23-17(8-9-20-23)21-18(24)22(10-11-25-3)13-15-6-4-5-7-16(15)19/h4-9,14H,10-13H2,1-3H3,(H,21,24). The van der Waals surface area contributed by atoms with E-state index in [1.165, 1.54) is 11.0 Å². The first-order valence-corrected chi connectivity index (χ1v) is 8.31. The molecule has 0 saturated heterocycles. The summed E-state index contributed by atoms with van der Waals surface area (Å²) in [6, 6.07) is 7.87. The lowest BCUT2D eigenvalue weighted by atomic mass is 10.2. The average Bonchev–Trinajstić information content (AvgIpc) is 2.99. The number of urea groups is 1. The van der Waals surface area contributed by atoms with Crippen LogP contribution in [0, 0.1) is 11.7 Å². The molecule has 0 unspecified atom stereocenters. The fourth-order valence-electron chi connectivity index (χ4n) is 2.40. The van der Waals surface area contributed by atoms with Gasteiger partial charge in [-0.2, -0.15) is 5.10 Å². The molecule has 0 aliphatic heterocycles. The number of benzene rings is 1. The molecule has 0 spiro atoms. The number of nitrogens with zero attached hydrogens (tertiary/aromatic N) is 3. The summed E-state index contributed by atoms with van der Waals surface area (Å²) in [6.07, 6.45) is 1.65. The van der Waals surface area contributed by atoms with Crippen LogP contribution < -0.4 is 5.32 Å². The van der Waals surface area contributed by atoms with Crippen molar-refractivity contribution in [3.05, 3.63) is 47.9 Å². The summed E-state index contributed by atoms with van der Waals surface area (Å²) in [4.78, 5) is 14.2. The molecule has 1 aromatic heterocycles. The van der Waals surface area contributed by atoms with Gasteiger partial charge in [-0.25, -0.2) is 13.9 Å². The molecule has 1 aromatic carbocycles. The van der Waals surface area contributed by atoms with E-state index in [9.17, 15) is 9.18 Å². The van der Waals surface area contributed by atoms with Crippen molar-refractivity contribution in [2.45, 2.75) is 26.9 Å². The predicted molar refractivity (Wildman–Crippen MR) is 94.8 cm³/mol. The summed E-state index contributed by atoms with van der Waals surface area (Å²) in [5, 5.41) is 7.08. The van der Waals surface area contributed by atoms with Gasteiger partial charge < -0.3 is 9.64 Å². The Morgan fingerprint density at radius 2 is 2.12 bits per heavy atom. The molecule has 2 rings (SSSR count). The number of carbonyl (C=O) groups excluding carboxylic acids is 1. The van der Waals surface area contributed by atoms with Gasteiger partial charge in [0, 0.05) is 31.8 Å². The number of rotatable bonds is 8. The SMILES string of the molecule is COCCN(Cc1ccccc1F)C(=O)Nc1ccnn1CC(C)C. The van der Waals surface area contributed by atoms with Crippen molar-refractivity contribution in [3.63, 3.8) is 0 Å². The Morgan fingerprint density at radius 1 is 1.36 bits per heavy atom. The third kappa shape index (κ3) is 5.56. The molecule has 1 heterocycles. The van der Waals surface area contributed by atoms with Crippen molar-refractivity contribution in [2.24, 2.45) is 5.92 Å². The van der Waals surface area contributed by atoms with Crippen LogP contribution in [0.4, 0.5) is 15.0 Å². The Hall–Kier alpha value is -2.41. The normalized spacial score (nSPS) is 10.9. The van der Waals surface area contributed by atoms with E-state index in [4.69, 9.17) is 4.74 Å². The average molecular weight is 348 g/mol. The third-order valence-electron chi connectivity index (χ3n) is 3.66. The van der Waals surface area contributed by atoms with Crippen LogP contribution in [0.2, 0.25) is 0 Å². The van der Waals surface area contributed by atoms with E-state index in [1.807, 2.05) is 0 Å². The maximum atomic E-state index is 13.9. The van der Waals surface area contributed by atoms with E-state index in [-0.39, 0.29) is 18.4 Å². The minimum Gasteiger partial charge on any atom is -0.383 e. The Kier molecular flexibility index (Phi) is 6.94. The molecule has 0 aliphatic carbocycles. The Balaban J connectivity index is 2.10. The second kappa shape index (κ2) is 9.17. The van der Waals surface area contributed by atoms with Crippen LogP contribution in [0.1, 0.15) is 19.4 Å². The van der Waals surface area contributed by atoms with Gasteiger partial charge in [0.1, 0.15) is 11.6 Å². The van der Waals surface area contributed by atoms with Gasteiger partial charge in [-0.1, -0.05) is 32.0 Å². The topological polar surface area (TPSA) is 59.4 Å². The monoisotopic (exact) mass is 348 g/mol. The van der Waals surface area contributed by atoms with Crippen LogP contribution in [-0.4, -0.2) is 41.0 Å². The number of methoxy groups -OCH3 is 1. The van der Waals surface area contributed by atoms with Gasteiger partial charge in [-0.05, 0) is 12.0 Å². The van der Waals surface area contributed by atoms with Crippen molar-refractivity contribution < 1.29 is 13.9 Å². The van der Waals surface area contributed by atoms with Gasteiger partial charge in [0.15, 0.2) is 0 Å². The zero-order chi connectivity index (χ0) is 18.2. The van der Waals surface area contributed by atoms with E-state index >= 15 is 0 Å². The summed E-state index contributed by atoms with van der Waals surface area (Å²) in [5.74, 6) is 0.691. The van der Waals surface area contributed by atoms with Gasteiger partial charge >= 0.3 is 6.03 Å². The highest BCUT2D eigenvalue weighted by Gasteiger charge is 2.17. The molecule has 0 atom stereocenters. The number of anilines is 1. The number of halogens is 1. The Labute approximate surface area is 147 Å². The molecule has 25 heavy (non-hydrogen) atoms. The Morgan fingerprint density at radius 3 is 2.80 bits per heavy atom. The smallest absolute Gasteiger partial charge is 0.323 e. The van der Waals surface area contributed by atoms with Crippen LogP contribution >= 0.6 is 0 Å². The number of hydrogen-bond acceptors (Lipinski definition) is 3. The zero-order valence-corrected chi connectivity index (χ0v) is 14.9. The van der Waals surface area contributed by atoms with E-state index < -0.39 is 0 Å². The third-order valence-corrected chi connectivity index (χ3v) is 3.66. The first-order valence-electron chi connectivity index (χ1n) is 8.31. The maximum absolute atomic E-state index is 13.9. The van der Waals surface area contributed by atoms with Crippen molar-refractivity contribution >= 4 is 11.8 Å². The minimum atomic E-state index is -0.331. The number of nitrogens with one attached hydrogen (secondary N) is 1. The second-order valence-electron chi connectivity index (χ2n) is 6.23. The molecule has 2 amide bonds. The summed E-state index contributed by atoms with van der Waals surface area (Å²) in [5.41, 5.74) is 0.462. The van der Waals surface area contributed by atoms with Crippen LogP contribution in [0.15, 0.2) is 36.5 Å². The number of aromatic nitrogens is 2. The van der Waals surface area contributed by atoms with Crippen LogP contribution in [0.25, 0.3) is 0 Å². The fourth-order valence-corrected chi connectivity index (χ4v) is 2.40. The highest BCUT2D eigenvalue weighted by Crippen LogP contribution is 2.13. The molecular formula is C18H25FN4O2. The summed E-state index contributed by atoms with van der Waals surface area (Å²) in [7, 11) is 1.57. The zero-order valence-electron chi connectivity index (χ0n) is 14.9. The van der Waals surface area contributed by atoms with Crippen molar-refractivity contribution in [1.29, 1.82) is 0 Å². The fraction of sp³-hybridized carbons (Fsp3) is 0.444. The van der Waals surface area contributed by atoms with Gasteiger partial charge in [0.05, 0.1) is 19.3 Å². The number of ether oxygens (including phenoxy) is 1. The van der Waals surface area contributed by atoms with E-state index in [0.717, 1.165) is 0 Å². The van der Waals surface area contributed by atoms with Crippen molar-refractivity contribution in [3.8, 4) is 0 Å². The molecule has 0 saturated carbocycles. The summed E-state index contributed by atoms with van der Waals surface area (Å²) >= 11 is 0. The predicted octanol–water partition coefficient (Wildman–Crippen LogP) is 3.36. The number of amides is 2. The molecule has 0 bridgehead atoms. The second-order valence-corrected chi connectivity index (χ2v) is 6.23. The first-order chi connectivity index (χ1) is 12.0. The molecule has 2 aromatic rings. The van der Waals surface area contributed by atoms with E-state index in [1.54, 1.807) is 42.3 Å². The highest BCUT2D eigenvalue weighted by atomic mass is 19.1. The van der Waals surface area contributed by atoms with Crippen LogP contribution in [-0.2, 0) is 17.8 Å². The first kappa shape index (κ1) is 18.9. The van der Waals surface area contributed by atoms with Crippen LogP contribution in [0.5, 0.6) is 0 Å². The van der Waals surface area contributed by atoms with Gasteiger partial charge in [0.2, 0.25) is 0 Å². The molecule has 136 valence electrons. The molecule has 1 N–H and O–H groups in total. The van der Waals surface area contributed by atoms with Crippen molar-refractivity contribution in [2.75, 3.05) is 25.6 Å². The molecular weight excluding hydrogens is 323 g/mol. The van der Waals surface area contributed by atoms with E-state index in [0.29, 0.717) is 37.0 Å². The molecule has 6 nitrogen and oxygen atoms in total. The lowest BCUT2D eigenvalue weighted by molar-refractivity contribution is 0.152. The van der Waals surface area contributed by atoms with E-state index in [2.05, 4.69) is 24.3 Å². The molecule has 0 radical (unpaired) electrons. The quantitative estimate of drug-likeness (QED) is 0.796. The summed E-state index contributed by atoms with van der Waals surface area (Å²) in [6.45, 7) is 5.75. The van der Waals surface area contributed by atoms with Crippen molar-refractivity contribution in [1.82, 2.24) is 14.7 Å². The Bertz CT molecular complexity index is 687. The summed E-state index contributed by atoms with van der Waals surface area (Å²) < 4.78 is 20.7. The largest absolute Gasteiger partial charge is 0.383 e. The molecule has 0 fully saturated rings. The van der Waals surface area contributed by atoms with Gasteiger partial charge in [0.25, 0.3) is 0 Å².